The minimum absolute atomic E-state index is 0. The van der Waals surface area contributed by atoms with Crippen molar-refractivity contribution >= 4 is 40.5 Å². The van der Waals surface area contributed by atoms with Crippen molar-refractivity contribution in [2.45, 2.75) is 32.0 Å². The molecule has 9 heteroatoms. The smallest absolute Gasteiger partial charge is 0.367 e. The second-order valence-electron chi connectivity index (χ2n) is 6.98. The molecular weight excluding hydrogens is 421 g/mol. The Morgan fingerprint density at radius 1 is 1.21 bits per heavy atom. The highest BCUT2D eigenvalue weighted by molar-refractivity contribution is 7.08. The molecule has 4 nitrogen and oxygen atoms in total. The van der Waals surface area contributed by atoms with Crippen molar-refractivity contribution in [1.29, 1.82) is 0 Å². The summed E-state index contributed by atoms with van der Waals surface area (Å²) in [7, 11) is 0. The number of rotatable bonds is 4. The third-order valence-electron chi connectivity index (χ3n) is 5.23. The van der Waals surface area contributed by atoms with E-state index in [1.165, 1.54) is 17.4 Å². The molecule has 1 aliphatic heterocycles. The first-order valence-corrected chi connectivity index (χ1v) is 10.3. The second kappa shape index (κ2) is 8.85. The van der Waals surface area contributed by atoms with E-state index in [1.807, 2.05) is 16.8 Å². The zero-order chi connectivity index (χ0) is 19.7. The average Bonchev–Trinajstić information content (AvgIpc) is 3.22. The number of hydrogen-bond acceptors (Lipinski definition) is 5. The molecule has 0 unspecified atom stereocenters. The van der Waals surface area contributed by atoms with Gasteiger partial charge in [0.25, 0.3) is 0 Å². The highest BCUT2D eigenvalue weighted by Gasteiger charge is 2.33. The molecule has 0 bridgehead atoms. The van der Waals surface area contributed by atoms with Gasteiger partial charge >= 0.3 is 6.18 Å². The summed E-state index contributed by atoms with van der Waals surface area (Å²) in [6, 6.07) is 4.65. The van der Waals surface area contributed by atoms with Crippen LogP contribution in [0.15, 0.2) is 35.2 Å². The van der Waals surface area contributed by atoms with E-state index >= 15 is 0 Å². The van der Waals surface area contributed by atoms with Crippen LogP contribution in [0.5, 0.6) is 0 Å². The number of halogens is 4. The van der Waals surface area contributed by atoms with E-state index in [0.717, 1.165) is 44.1 Å². The molecule has 29 heavy (non-hydrogen) atoms. The molecule has 0 aliphatic carbocycles. The second-order valence-corrected chi connectivity index (χ2v) is 7.76. The molecule has 0 radical (unpaired) electrons. The van der Waals surface area contributed by atoms with Crippen LogP contribution in [0.2, 0.25) is 0 Å². The standard InChI is InChI=1S/C20H21F3N4S.ClH/c1-2-27-8-5-14(6-9-27)25-19-15-3-4-17(20(21,22)23)26-18(15)16(11-24-19)13-7-10-28-12-13;/h3-4,7,10-12,14H,2,5-6,8-9H2,1H3,(H,24,25);1H. The number of piperidine rings is 1. The predicted octanol–water partition coefficient (Wildman–Crippen LogP) is 5.70. The number of nitrogens with one attached hydrogen (secondary N) is 1. The van der Waals surface area contributed by atoms with Gasteiger partial charge in [-0.1, -0.05) is 6.92 Å². The Morgan fingerprint density at radius 3 is 2.59 bits per heavy atom. The van der Waals surface area contributed by atoms with Gasteiger partial charge in [0.15, 0.2) is 0 Å². The highest BCUT2D eigenvalue weighted by atomic mass is 35.5. The van der Waals surface area contributed by atoms with E-state index in [2.05, 4.69) is 27.1 Å². The molecule has 1 saturated heterocycles. The molecule has 156 valence electrons. The number of fused-ring (bicyclic) bond motifs is 1. The molecule has 0 spiro atoms. The summed E-state index contributed by atoms with van der Waals surface area (Å²) in [5.41, 5.74) is 0.896. The van der Waals surface area contributed by atoms with Crippen molar-refractivity contribution in [2.24, 2.45) is 0 Å². The third-order valence-corrected chi connectivity index (χ3v) is 5.91. The van der Waals surface area contributed by atoms with Crippen LogP contribution in [0.3, 0.4) is 0 Å². The summed E-state index contributed by atoms with van der Waals surface area (Å²) >= 11 is 1.49. The molecule has 3 aromatic rings. The highest BCUT2D eigenvalue weighted by Crippen LogP contribution is 2.35. The van der Waals surface area contributed by atoms with Crippen LogP contribution in [0, 0.1) is 0 Å². The molecule has 1 fully saturated rings. The van der Waals surface area contributed by atoms with Crippen LogP contribution in [0.25, 0.3) is 22.0 Å². The van der Waals surface area contributed by atoms with Gasteiger partial charge in [0.2, 0.25) is 0 Å². The van der Waals surface area contributed by atoms with Crippen LogP contribution >= 0.6 is 23.7 Å². The van der Waals surface area contributed by atoms with E-state index < -0.39 is 11.9 Å². The normalized spacial score (nSPS) is 16.0. The summed E-state index contributed by atoms with van der Waals surface area (Å²) in [6.07, 6.45) is -0.889. The maximum absolute atomic E-state index is 13.2. The van der Waals surface area contributed by atoms with Crippen LogP contribution < -0.4 is 5.32 Å². The van der Waals surface area contributed by atoms with Crippen molar-refractivity contribution < 1.29 is 13.2 Å². The predicted molar refractivity (Wildman–Crippen MR) is 114 cm³/mol. The SMILES string of the molecule is CCN1CCC(Nc2ncc(-c3ccsc3)c3nc(C(F)(F)F)ccc23)CC1.Cl. The maximum Gasteiger partial charge on any atom is 0.433 e. The largest absolute Gasteiger partial charge is 0.433 e. The first kappa shape index (κ1) is 21.8. The topological polar surface area (TPSA) is 41.0 Å². The molecule has 0 atom stereocenters. The van der Waals surface area contributed by atoms with Crippen molar-refractivity contribution in [2.75, 3.05) is 25.0 Å². The molecule has 1 N–H and O–H groups in total. The number of anilines is 1. The first-order chi connectivity index (χ1) is 13.5. The number of nitrogens with zero attached hydrogens (tertiary/aromatic N) is 3. The summed E-state index contributed by atoms with van der Waals surface area (Å²) in [5, 5.41) is 7.85. The molecule has 4 rings (SSSR count). The molecule has 0 amide bonds. The maximum atomic E-state index is 13.2. The lowest BCUT2D eigenvalue weighted by atomic mass is 10.0. The minimum atomic E-state index is -4.48. The average molecular weight is 443 g/mol. The molecule has 4 heterocycles. The van der Waals surface area contributed by atoms with Crippen molar-refractivity contribution in [1.82, 2.24) is 14.9 Å². The van der Waals surface area contributed by atoms with Gasteiger partial charge in [-0.3, -0.25) is 0 Å². The fourth-order valence-corrected chi connectivity index (χ4v) is 4.26. The van der Waals surface area contributed by atoms with Crippen LogP contribution in [-0.2, 0) is 6.18 Å². The monoisotopic (exact) mass is 442 g/mol. The first-order valence-electron chi connectivity index (χ1n) is 9.34. The fraction of sp³-hybridized carbons (Fsp3) is 0.400. The fourth-order valence-electron chi connectivity index (χ4n) is 3.60. The van der Waals surface area contributed by atoms with E-state index in [9.17, 15) is 13.2 Å². The summed E-state index contributed by atoms with van der Waals surface area (Å²) in [6.45, 7) is 5.20. The summed E-state index contributed by atoms with van der Waals surface area (Å²) in [4.78, 5) is 10.9. The lowest BCUT2D eigenvalue weighted by Crippen LogP contribution is -2.39. The summed E-state index contributed by atoms with van der Waals surface area (Å²) in [5.74, 6) is 0.602. The summed E-state index contributed by atoms with van der Waals surface area (Å²) < 4.78 is 39.7. The van der Waals surface area contributed by atoms with Gasteiger partial charge in [-0.2, -0.15) is 24.5 Å². The zero-order valence-corrected chi connectivity index (χ0v) is 17.5. The number of thiophene rings is 1. The number of likely N-dealkylation sites (tertiary alicyclic amines) is 1. The quantitative estimate of drug-likeness (QED) is 0.563. The van der Waals surface area contributed by atoms with Gasteiger partial charge < -0.3 is 10.2 Å². The Balaban J connectivity index is 0.00000240. The minimum Gasteiger partial charge on any atom is -0.367 e. The molecule has 0 aromatic carbocycles. The Kier molecular flexibility index (Phi) is 6.65. The van der Waals surface area contributed by atoms with Gasteiger partial charge in [0.05, 0.1) is 5.52 Å². The van der Waals surface area contributed by atoms with Crippen LogP contribution in [-0.4, -0.2) is 40.5 Å². The van der Waals surface area contributed by atoms with Gasteiger partial charge in [-0.15, -0.1) is 12.4 Å². The number of pyridine rings is 2. The van der Waals surface area contributed by atoms with E-state index in [1.54, 1.807) is 6.20 Å². The van der Waals surface area contributed by atoms with Crippen molar-refractivity contribution in [3.8, 4) is 11.1 Å². The molecule has 0 saturated carbocycles. The van der Waals surface area contributed by atoms with E-state index in [4.69, 9.17) is 0 Å². The Labute approximate surface area is 177 Å². The van der Waals surface area contributed by atoms with E-state index in [-0.39, 0.29) is 18.4 Å². The molecular formula is C20H22ClF3N4S. The molecule has 3 aromatic heterocycles. The van der Waals surface area contributed by atoms with Crippen molar-refractivity contribution in [3.05, 3.63) is 40.8 Å². The van der Waals surface area contributed by atoms with Gasteiger partial charge in [0.1, 0.15) is 11.5 Å². The lowest BCUT2D eigenvalue weighted by Gasteiger charge is -2.32. The zero-order valence-electron chi connectivity index (χ0n) is 15.9. The van der Waals surface area contributed by atoms with Gasteiger partial charge in [-0.25, -0.2) is 9.97 Å². The van der Waals surface area contributed by atoms with E-state index in [0.29, 0.717) is 22.3 Å². The number of aromatic nitrogens is 2. The van der Waals surface area contributed by atoms with Crippen LogP contribution in [0.4, 0.5) is 19.0 Å². The third kappa shape index (κ3) is 4.65. The van der Waals surface area contributed by atoms with Gasteiger partial charge in [0, 0.05) is 36.3 Å². The van der Waals surface area contributed by atoms with Gasteiger partial charge in [-0.05, 0) is 53.9 Å². The number of alkyl halides is 3. The lowest BCUT2D eigenvalue weighted by molar-refractivity contribution is -0.140. The Morgan fingerprint density at radius 2 is 1.97 bits per heavy atom. The van der Waals surface area contributed by atoms with Crippen LogP contribution in [0.1, 0.15) is 25.5 Å². The van der Waals surface area contributed by atoms with Crippen molar-refractivity contribution in [3.63, 3.8) is 0 Å². The molecule has 1 aliphatic rings. The number of hydrogen-bond donors (Lipinski definition) is 1. The Hall–Kier alpha value is -1.90. The Bertz CT molecular complexity index is 954.